The van der Waals surface area contributed by atoms with Crippen LogP contribution in [-0.4, -0.2) is 37.2 Å². The van der Waals surface area contributed by atoms with Gasteiger partial charge in [0.25, 0.3) is 0 Å². The fourth-order valence-electron chi connectivity index (χ4n) is 9.53. The van der Waals surface area contributed by atoms with Crippen molar-refractivity contribution < 1.29 is 28.6 Å². The summed E-state index contributed by atoms with van der Waals surface area (Å²) in [6.45, 7) is 6.65. The van der Waals surface area contributed by atoms with Crippen molar-refractivity contribution in [3.63, 3.8) is 0 Å². The van der Waals surface area contributed by atoms with E-state index in [4.69, 9.17) is 14.2 Å². The van der Waals surface area contributed by atoms with Gasteiger partial charge in [0.2, 0.25) is 0 Å². The third-order valence-electron chi connectivity index (χ3n) is 14.4. The predicted octanol–water partition coefficient (Wildman–Crippen LogP) is 21.6. The number of carbonyl (C=O) groups excluding carboxylic acids is 3. The third kappa shape index (κ3) is 58.5. The molecule has 6 nitrogen and oxygen atoms in total. The number of hydrogen-bond acceptors (Lipinski definition) is 6. The fourth-order valence-corrected chi connectivity index (χ4v) is 9.53. The summed E-state index contributed by atoms with van der Waals surface area (Å²) in [5.74, 6) is -0.854. The molecule has 72 heavy (non-hydrogen) atoms. The van der Waals surface area contributed by atoms with Crippen LogP contribution in [0.2, 0.25) is 0 Å². The van der Waals surface area contributed by atoms with E-state index >= 15 is 0 Å². The Morgan fingerprint density at radius 2 is 0.500 bits per heavy atom. The lowest BCUT2D eigenvalue weighted by Gasteiger charge is -2.18. The summed E-state index contributed by atoms with van der Waals surface area (Å²) in [6.07, 6.45) is 74.4. The molecule has 0 spiro atoms. The lowest BCUT2D eigenvalue weighted by atomic mass is 10.0. The van der Waals surface area contributed by atoms with E-state index in [-0.39, 0.29) is 31.1 Å². The van der Waals surface area contributed by atoms with Crippen LogP contribution >= 0.6 is 0 Å². The zero-order chi connectivity index (χ0) is 52.2. The minimum atomic E-state index is -0.771. The summed E-state index contributed by atoms with van der Waals surface area (Å²) in [5.41, 5.74) is 0. The van der Waals surface area contributed by atoms with Crippen LogP contribution in [0, 0.1) is 0 Å². The van der Waals surface area contributed by atoms with Crippen LogP contribution in [-0.2, 0) is 28.6 Å². The molecule has 0 bridgehead atoms. The van der Waals surface area contributed by atoms with Crippen molar-refractivity contribution in [2.75, 3.05) is 13.2 Å². The first-order valence-electron chi connectivity index (χ1n) is 32.0. The summed E-state index contributed by atoms with van der Waals surface area (Å²) >= 11 is 0. The van der Waals surface area contributed by atoms with Crippen LogP contribution < -0.4 is 0 Å². The van der Waals surface area contributed by atoms with E-state index in [0.717, 1.165) is 64.2 Å². The van der Waals surface area contributed by atoms with E-state index in [1.165, 1.54) is 244 Å². The molecule has 0 amide bonds. The highest BCUT2D eigenvalue weighted by Gasteiger charge is 2.19. The highest BCUT2D eigenvalue weighted by Crippen LogP contribution is 2.17. The van der Waals surface area contributed by atoms with Crippen molar-refractivity contribution in [1.29, 1.82) is 0 Å². The Morgan fingerprint density at radius 3 is 0.806 bits per heavy atom. The van der Waals surface area contributed by atoms with Gasteiger partial charge in [0, 0.05) is 19.3 Å². The van der Waals surface area contributed by atoms with Gasteiger partial charge in [0.1, 0.15) is 13.2 Å². The average Bonchev–Trinajstić information content (AvgIpc) is 3.38. The normalized spacial score (nSPS) is 12.2. The minimum absolute atomic E-state index is 0.0697. The Labute approximate surface area is 448 Å². The van der Waals surface area contributed by atoms with Gasteiger partial charge in [-0.15, -0.1) is 0 Å². The quantitative estimate of drug-likeness (QED) is 0.0261. The van der Waals surface area contributed by atoms with E-state index < -0.39 is 6.10 Å². The molecule has 0 aliphatic rings. The molecule has 1 atom stereocenters. The first kappa shape index (κ1) is 69.6. The van der Waals surface area contributed by atoms with Crippen molar-refractivity contribution >= 4 is 17.9 Å². The van der Waals surface area contributed by atoms with Crippen molar-refractivity contribution in [1.82, 2.24) is 0 Å². The molecule has 0 aromatic rings. The van der Waals surface area contributed by atoms with Crippen molar-refractivity contribution in [3.05, 3.63) is 36.5 Å². The summed E-state index contributed by atoms with van der Waals surface area (Å²) in [5, 5.41) is 0. The molecule has 0 aromatic carbocycles. The SMILES string of the molecule is CCCCC/C=C\C/C=C\CCCCCCCCCCCC(=O)OC(COC(=O)CCCCCCCCCCCC)COC(=O)CCCCCCCCCCCCCCC/C=C\CCCCCCCCCC. The van der Waals surface area contributed by atoms with Crippen LogP contribution in [0.25, 0.3) is 0 Å². The number of esters is 3. The van der Waals surface area contributed by atoms with Crippen molar-refractivity contribution in [2.45, 2.75) is 354 Å². The maximum atomic E-state index is 12.9. The van der Waals surface area contributed by atoms with Gasteiger partial charge in [-0.25, -0.2) is 0 Å². The van der Waals surface area contributed by atoms with Crippen LogP contribution in [0.4, 0.5) is 0 Å². The Kier molecular flexibility index (Phi) is 59.2. The largest absolute Gasteiger partial charge is 0.462 e. The van der Waals surface area contributed by atoms with Gasteiger partial charge < -0.3 is 14.2 Å². The molecule has 0 aromatic heterocycles. The van der Waals surface area contributed by atoms with Gasteiger partial charge in [-0.3, -0.25) is 14.4 Å². The first-order chi connectivity index (χ1) is 35.5. The van der Waals surface area contributed by atoms with Gasteiger partial charge in [0.15, 0.2) is 6.10 Å². The Balaban J connectivity index is 4.19. The van der Waals surface area contributed by atoms with E-state index in [0.29, 0.717) is 19.3 Å². The van der Waals surface area contributed by atoms with Gasteiger partial charge >= 0.3 is 17.9 Å². The third-order valence-corrected chi connectivity index (χ3v) is 14.4. The number of allylic oxidation sites excluding steroid dienone is 6. The van der Waals surface area contributed by atoms with E-state index in [1.807, 2.05) is 0 Å². The second kappa shape index (κ2) is 61.2. The zero-order valence-electron chi connectivity index (χ0n) is 48.5. The maximum absolute atomic E-state index is 12.9. The Bertz CT molecular complexity index is 1210. The average molecular weight is 1010 g/mol. The molecule has 0 N–H and O–H groups in total. The first-order valence-corrected chi connectivity index (χ1v) is 32.0. The molecule has 0 aliphatic carbocycles. The number of hydrogen-bond donors (Lipinski definition) is 0. The molecule has 422 valence electrons. The van der Waals surface area contributed by atoms with E-state index in [9.17, 15) is 14.4 Å². The number of carbonyl (C=O) groups is 3. The maximum Gasteiger partial charge on any atom is 0.306 e. The number of rotatable bonds is 59. The molecular weight excluding hydrogens is 889 g/mol. The van der Waals surface area contributed by atoms with Crippen molar-refractivity contribution in [2.24, 2.45) is 0 Å². The Morgan fingerprint density at radius 1 is 0.278 bits per heavy atom. The second-order valence-corrected chi connectivity index (χ2v) is 21.7. The van der Waals surface area contributed by atoms with Gasteiger partial charge in [-0.2, -0.15) is 0 Å². The lowest BCUT2D eigenvalue weighted by molar-refractivity contribution is -0.167. The minimum Gasteiger partial charge on any atom is -0.462 e. The van der Waals surface area contributed by atoms with Crippen LogP contribution in [0.3, 0.4) is 0 Å². The second-order valence-electron chi connectivity index (χ2n) is 21.7. The van der Waals surface area contributed by atoms with Gasteiger partial charge in [-0.05, 0) is 77.0 Å². The molecule has 6 heteroatoms. The molecule has 1 unspecified atom stereocenters. The van der Waals surface area contributed by atoms with Crippen LogP contribution in [0.5, 0.6) is 0 Å². The van der Waals surface area contributed by atoms with Crippen LogP contribution in [0.1, 0.15) is 348 Å². The summed E-state index contributed by atoms with van der Waals surface area (Å²) in [4.78, 5) is 38.2. The highest BCUT2D eigenvalue weighted by atomic mass is 16.6. The molecule has 0 fully saturated rings. The Hall–Kier alpha value is -2.37. The molecule has 0 rings (SSSR count). The number of ether oxygens (including phenoxy) is 3. The predicted molar refractivity (Wildman–Crippen MR) is 312 cm³/mol. The summed E-state index contributed by atoms with van der Waals surface area (Å²) in [6, 6.07) is 0. The molecule has 0 aliphatic heterocycles. The monoisotopic (exact) mass is 1010 g/mol. The topological polar surface area (TPSA) is 78.9 Å². The van der Waals surface area contributed by atoms with E-state index in [1.54, 1.807) is 0 Å². The molecule has 0 radical (unpaired) electrons. The molecule has 0 saturated carbocycles. The number of unbranched alkanes of at least 4 members (excludes halogenated alkanes) is 42. The standard InChI is InChI=1S/C66H122O6/c1-4-7-10-13-16-19-22-24-26-28-30-31-32-33-34-35-37-38-40-42-44-47-50-53-56-59-65(68)71-62-63(61-70-64(67)58-55-52-49-46-21-18-15-12-9-6-3)72-66(69)60-57-54-51-48-45-43-41-39-36-29-27-25-23-20-17-14-11-8-5-2/h17,20,25,27-28,30,63H,4-16,18-19,21-24,26,29,31-62H2,1-3H3/b20-17-,27-25-,30-28-. The van der Waals surface area contributed by atoms with Crippen LogP contribution in [0.15, 0.2) is 36.5 Å². The van der Waals surface area contributed by atoms with E-state index in [2.05, 4.69) is 57.2 Å². The summed E-state index contributed by atoms with van der Waals surface area (Å²) in [7, 11) is 0. The highest BCUT2D eigenvalue weighted by molar-refractivity contribution is 5.71. The molecule has 0 saturated heterocycles. The molecule has 0 heterocycles. The summed E-state index contributed by atoms with van der Waals surface area (Å²) < 4.78 is 16.9. The van der Waals surface area contributed by atoms with Crippen molar-refractivity contribution in [3.8, 4) is 0 Å². The lowest BCUT2D eigenvalue weighted by Crippen LogP contribution is -2.30. The fraction of sp³-hybridized carbons (Fsp3) is 0.864. The molecular formula is C66H122O6. The smallest absolute Gasteiger partial charge is 0.306 e. The van der Waals surface area contributed by atoms with Gasteiger partial charge in [0.05, 0.1) is 0 Å². The van der Waals surface area contributed by atoms with Gasteiger partial charge in [-0.1, -0.05) is 288 Å². The zero-order valence-corrected chi connectivity index (χ0v) is 48.5.